The van der Waals surface area contributed by atoms with Crippen molar-refractivity contribution in [1.29, 1.82) is 5.26 Å². The van der Waals surface area contributed by atoms with E-state index in [1.54, 1.807) is 0 Å². The van der Waals surface area contributed by atoms with Gasteiger partial charge in [-0.25, -0.2) is 4.98 Å². The third-order valence-corrected chi connectivity index (χ3v) is 5.33. The van der Waals surface area contributed by atoms with Crippen LogP contribution in [0.4, 0.5) is 0 Å². The van der Waals surface area contributed by atoms with Crippen LogP contribution in [0.1, 0.15) is 22.5 Å². The molecule has 0 radical (unpaired) electrons. The minimum atomic E-state index is 0.520. The second-order valence-corrected chi connectivity index (χ2v) is 7.49. The van der Waals surface area contributed by atoms with Crippen molar-refractivity contribution in [2.24, 2.45) is 0 Å². The molecule has 5 aromatic rings. The highest BCUT2D eigenvalue weighted by Gasteiger charge is 2.12. The molecule has 5 rings (SSSR count). The average Bonchev–Trinajstić information content (AvgIpc) is 3.34. The number of benzene rings is 3. The van der Waals surface area contributed by atoms with Crippen LogP contribution in [-0.4, -0.2) is 14.5 Å². The Balaban J connectivity index is 1.60. The molecule has 0 bridgehead atoms. The Hall–Kier alpha value is -4.10. The number of nitrogens with zero attached hydrogens (tertiary/aromatic N) is 3. The molecule has 4 heteroatoms. The number of imidazole rings is 1. The highest BCUT2D eigenvalue weighted by Crippen LogP contribution is 2.27. The normalized spacial score (nSPS) is 11.8. The SMILES string of the molecule is Cc1ccc2nc(/C(C#N)=C\c3cn(Cc4ccccc4)c4ccccc34)[nH]c2c1. The number of aromatic nitrogens is 3. The van der Waals surface area contributed by atoms with E-state index in [0.29, 0.717) is 11.4 Å². The van der Waals surface area contributed by atoms with E-state index < -0.39 is 0 Å². The molecular formula is C26H20N4. The van der Waals surface area contributed by atoms with Crippen LogP contribution in [0, 0.1) is 18.3 Å². The summed E-state index contributed by atoms with van der Waals surface area (Å²) in [7, 11) is 0. The van der Waals surface area contributed by atoms with Gasteiger partial charge in [0.15, 0.2) is 0 Å². The number of hydrogen-bond acceptors (Lipinski definition) is 2. The van der Waals surface area contributed by atoms with Gasteiger partial charge in [0.1, 0.15) is 11.9 Å². The molecule has 2 aromatic heterocycles. The van der Waals surface area contributed by atoms with Gasteiger partial charge in [-0.15, -0.1) is 0 Å². The standard InChI is InChI=1S/C26H20N4/c1-18-11-12-23-24(13-18)29-26(28-23)20(15-27)14-21-17-30(16-19-7-3-2-4-8-19)25-10-6-5-9-22(21)25/h2-14,17H,16H2,1H3,(H,28,29)/b20-14-. The van der Waals surface area contributed by atoms with Gasteiger partial charge in [0, 0.05) is 29.2 Å². The van der Waals surface area contributed by atoms with Crippen molar-refractivity contribution < 1.29 is 0 Å². The van der Waals surface area contributed by atoms with Gasteiger partial charge in [-0.1, -0.05) is 54.6 Å². The van der Waals surface area contributed by atoms with Crippen LogP contribution in [0.5, 0.6) is 0 Å². The number of aromatic amines is 1. The maximum atomic E-state index is 9.85. The summed E-state index contributed by atoms with van der Waals surface area (Å²) in [4.78, 5) is 7.92. The Morgan fingerprint density at radius 1 is 1.07 bits per heavy atom. The first-order valence-electron chi connectivity index (χ1n) is 9.91. The number of hydrogen-bond donors (Lipinski definition) is 1. The van der Waals surface area contributed by atoms with Crippen molar-refractivity contribution >= 4 is 33.6 Å². The largest absolute Gasteiger partial charge is 0.342 e. The van der Waals surface area contributed by atoms with Gasteiger partial charge in [0.05, 0.1) is 16.6 Å². The lowest BCUT2D eigenvalue weighted by atomic mass is 10.1. The molecule has 4 nitrogen and oxygen atoms in total. The number of nitriles is 1. The van der Waals surface area contributed by atoms with Crippen LogP contribution in [0.15, 0.2) is 79.0 Å². The summed E-state index contributed by atoms with van der Waals surface area (Å²) in [6.07, 6.45) is 4.04. The van der Waals surface area contributed by atoms with Gasteiger partial charge in [-0.2, -0.15) is 5.26 Å². The van der Waals surface area contributed by atoms with E-state index in [0.717, 1.165) is 39.6 Å². The van der Waals surface area contributed by atoms with E-state index in [4.69, 9.17) is 0 Å². The van der Waals surface area contributed by atoms with Crippen LogP contribution in [0.2, 0.25) is 0 Å². The van der Waals surface area contributed by atoms with Crippen LogP contribution >= 0.6 is 0 Å². The van der Waals surface area contributed by atoms with Crippen LogP contribution in [0.3, 0.4) is 0 Å². The van der Waals surface area contributed by atoms with Gasteiger partial charge in [-0.3, -0.25) is 0 Å². The fraction of sp³-hybridized carbons (Fsp3) is 0.0769. The van der Waals surface area contributed by atoms with Gasteiger partial charge < -0.3 is 9.55 Å². The Kier molecular flexibility index (Phi) is 4.42. The molecule has 3 aromatic carbocycles. The summed E-state index contributed by atoms with van der Waals surface area (Å²) < 4.78 is 2.23. The molecule has 0 atom stereocenters. The zero-order valence-corrected chi connectivity index (χ0v) is 16.6. The fourth-order valence-electron chi connectivity index (χ4n) is 3.86. The summed E-state index contributed by atoms with van der Waals surface area (Å²) in [6, 6.07) is 27.1. The number of allylic oxidation sites excluding steroid dienone is 1. The van der Waals surface area contributed by atoms with Crippen molar-refractivity contribution in [2.75, 3.05) is 0 Å². The Bertz CT molecular complexity index is 1430. The number of nitrogens with one attached hydrogen (secondary N) is 1. The van der Waals surface area contributed by atoms with E-state index in [1.165, 1.54) is 5.56 Å². The Labute approximate surface area is 174 Å². The van der Waals surface area contributed by atoms with Crippen LogP contribution in [0.25, 0.3) is 33.6 Å². The molecule has 0 aliphatic carbocycles. The molecule has 0 amide bonds. The second kappa shape index (κ2) is 7.38. The van der Waals surface area contributed by atoms with Crippen LogP contribution < -0.4 is 0 Å². The van der Waals surface area contributed by atoms with Crippen molar-refractivity contribution in [3.8, 4) is 6.07 Å². The van der Waals surface area contributed by atoms with E-state index in [-0.39, 0.29) is 0 Å². The van der Waals surface area contributed by atoms with Gasteiger partial charge in [-0.05, 0) is 42.3 Å². The zero-order valence-electron chi connectivity index (χ0n) is 16.6. The first-order valence-corrected chi connectivity index (χ1v) is 9.91. The molecule has 0 fully saturated rings. The fourth-order valence-corrected chi connectivity index (χ4v) is 3.86. The number of H-pyrrole nitrogens is 1. The molecule has 0 saturated carbocycles. The summed E-state index contributed by atoms with van der Waals surface area (Å²) in [5, 5.41) is 11.0. The molecule has 30 heavy (non-hydrogen) atoms. The summed E-state index contributed by atoms with van der Waals surface area (Å²) in [5.41, 5.74) is 6.87. The smallest absolute Gasteiger partial charge is 0.149 e. The zero-order chi connectivity index (χ0) is 20.5. The van der Waals surface area contributed by atoms with E-state index >= 15 is 0 Å². The maximum absolute atomic E-state index is 9.85. The second-order valence-electron chi connectivity index (χ2n) is 7.49. The Morgan fingerprint density at radius 2 is 1.87 bits per heavy atom. The van der Waals surface area contributed by atoms with E-state index in [9.17, 15) is 5.26 Å². The van der Waals surface area contributed by atoms with Crippen LogP contribution in [-0.2, 0) is 6.54 Å². The number of aryl methyl sites for hydroxylation is 1. The minimum Gasteiger partial charge on any atom is -0.342 e. The average molecular weight is 388 g/mol. The number of para-hydroxylation sites is 1. The first kappa shape index (κ1) is 18.0. The Morgan fingerprint density at radius 3 is 2.70 bits per heavy atom. The third-order valence-electron chi connectivity index (χ3n) is 5.33. The lowest BCUT2D eigenvalue weighted by Crippen LogP contribution is -1.97. The van der Waals surface area contributed by atoms with E-state index in [1.807, 2.05) is 49.4 Å². The predicted molar refractivity (Wildman–Crippen MR) is 122 cm³/mol. The molecule has 0 unspecified atom stereocenters. The summed E-state index contributed by atoms with van der Waals surface area (Å²) in [6.45, 7) is 2.82. The first-order chi connectivity index (χ1) is 14.7. The minimum absolute atomic E-state index is 0.520. The molecule has 0 aliphatic rings. The molecule has 0 saturated heterocycles. The number of rotatable bonds is 4. The maximum Gasteiger partial charge on any atom is 0.149 e. The highest BCUT2D eigenvalue weighted by molar-refractivity contribution is 5.98. The summed E-state index contributed by atoms with van der Waals surface area (Å²) >= 11 is 0. The lowest BCUT2D eigenvalue weighted by Gasteiger charge is -2.05. The van der Waals surface area contributed by atoms with Gasteiger partial charge >= 0.3 is 0 Å². The quantitative estimate of drug-likeness (QED) is 0.387. The number of fused-ring (bicyclic) bond motifs is 2. The molecule has 0 spiro atoms. The highest BCUT2D eigenvalue weighted by atomic mass is 15.0. The molecule has 1 N–H and O–H groups in total. The third kappa shape index (κ3) is 3.27. The molecule has 144 valence electrons. The van der Waals surface area contributed by atoms with Crippen molar-refractivity contribution in [3.05, 3.63) is 102 Å². The summed E-state index contributed by atoms with van der Waals surface area (Å²) in [5.74, 6) is 0.595. The topological polar surface area (TPSA) is 57.4 Å². The van der Waals surface area contributed by atoms with Crippen molar-refractivity contribution in [3.63, 3.8) is 0 Å². The monoisotopic (exact) mass is 388 g/mol. The van der Waals surface area contributed by atoms with Crippen molar-refractivity contribution in [2.45, 2.75) is 13.5 Å². The molecule has 2 heterocycles. The van der Waals surface area contributed by atoms with Gasteiger partial charge in [0.25, 0.3) is 0 Å². The lowest BCUT2D eigenvalue weighted by molar-refractivity contribution is 0.836. The van der Waals surface area contributed by atoms with Crippen molar-refractivity contribution in [1.82, 2.24) is 14.5 Å². The van der Waals surface area contributed by atoms with E-state index in [2.05, 4.69) is 63.2 Å². The predicted octanol–water partition coefficient (Wildman–Crippen LogP) is 5.94. The molecule has 0 aliphatic heterocycles. The molecular weight excluding hydrogens is 368 g/mol. The van der Waals surface area contributed by atoms with Gasteiger partial charge in [0.2, 0.25) is 0 Å².